The van der Waals surface area contributed by atoms with Crippen LogP contribution in [0.25, 0.3) is 11.3 Å². The van der Waals surface area contributed by atoms with Crippen LogP contribution in [0.3, 0.4) is 0 Å². The van der Waals surface area contributed by atoms with E-state index in [2.05, 4.69) is 39.2 Å². The van der Waals surface area contributed by atoms with Gasteiger partial charge < -0.3 is 9.88 Å². The van der Waals surface area contributed by atoms with Crippen LogP contribution in [-0.2, 0) is 5.41 Å². The van der Waals surface area contributed by atoms with E-state index in [1.165, 1.54) is 24.5 Å². The first-order valence-corrected chi connectivity index (χ1v) is 10.8. The molecule has 3 aromatic rings. The summed E-state index contributed by atoms with van der Waals surface area (Å²) in [4.78, 5) is 17.5. The Labute approximate surface area is 184 Å². The Balaban J connectivity index is 1.57. The van der Waals surface area contributed by atoms with Gasteiger partial charge in [0.1, 0.15) is 18.0 Å². The highest BCUT2D eigenvalue weighted by molar-refractivity contribution is 5.90. The molecular weight excluding hydrogens is 414 g/mol. The van der Waals surface area contributed by atoms with Crippen molar-refractivity contribution in [2.24, 2.45) is 5.41 Å². The highest BCUT2D eigenvalue weighted by Crippen LogP contribution is 2.67. The summed E-state index contributed by atoms with van der Waals surface area (Å²) in [6, 6.07) is 5.56. The van der Waals surface area contributed by atoms with E-state index in [9.17, 15) is 13.6 Å². The van der Waals surface area contributed by atoms with E-state index in [0.717, 1.165) is 24.1 Å². The Morgan fingerprint density at radius 2 is 1.97 bits per heavy atom. The third kappa shape index (κ3) is 2.73. The molecule has 2 aromatic heterocycles. The van der Waals surface area contributed by atoms with Gasteiger partial charge >= 0.3 is 0 Å². The molecule has 2 heterocycles. The largest absolute Gasteiger partial charge is 0.335 e. The van der Waals surface area contributed by atoms with Gasteiger partial charge in [0.05, 0.1) is 17.0 Å². The molecular formula is C23H24F2N6O. The van der Waals surface area contributed by atoms with E-state index in [1.54, 1.807) is 11.0 Å². The van der Waals surface area contributed by atoms with Gasteiger partial charge in [-0.1, -0.05) is 19.9 Å². The highest BCUT2D eigenvalue weighted by Gasteiger charge is 2.64. The van der Waals surface area contributed by atoms with Gasteiger partial charge in [-0.15, -0.1) is 10.2 Å². The molecule has 166 valence electrons. The predicted molar refractivity (Wildman–Crippen MR) is 113 cm³/mol. The number of nitrogens with one attached hydrogen (secondary N) is 1. The Morgan fingerprint density at radius 3 is 2.62 bits per heavy atom. The van der Waals surface area contributed by atoms with Crippen molar-refractivity contribution >= 4 is 5.91 Å². The molecule has 2 bridgehead atoms. The van der Waals surface area contributed by atoms with E-state index >= 15 is 0 Å². The minimum Gasteiger partial charge on any atom is -0.335 e. The Morgan fingerprint density at radius 1 is 1.22 bits per heavy atom. The van der Waals surface area contributed by atoms with E-state index in [4.69, 9.17) is 0 Å². The average Bonchev–Trinajstić information content (AvgIpc) is 3.43. The van der Waals surface area contributed by atoms with Gasteiger partial charge in [-0.05, 0) is 54.9 Å². The minimum absolute atomic E-state index is 0.159. The van der Waals surface area contributed by atoms with E-state index in [-0.39, 0.29) is 34.3 Å². The first kappa shape index (κ1) is 20.7. The smallest absolute Gasteiger partial charge is 0.291 e. The summed E-state index contributed by atoms with van der Waals surface area (Å²) in [5, 5.41) is 16.3. The van der Waals surface area contributed by atoms with Crippen LogP contribution in [0.2, 0.25) is 0 Å². The molecule has 2 atom stereocenters. The molecule has 0 saturated heterocycles. The number of benzene rings is 1. The maximum atomic E-state index is 14.4. The van der Waals surface area contributed by atoms with Crippen LogP contribution >= 0.6 is 0 Å². The van der Waals surface area contributed by atoms with Crippen LogP contribution in [0.4, 0.5) is 8.78 Å². The summed E-state index contributed by atoms with van der Waals surface area (Å²) < 4.78 is 28.8. The zero-order valence-corrected chi connectivity index (χ0v) is 18.2. The zero-order chi connectivity index (χ0) is 22.7. The van der Waals surface area contributed by atoms with Gasteiger partial charge in [-0.2, -0.15) is 10.2 Å². The molecule has 1 saturated carbocycles. The lowest BCUT2D eigenvalue weighted by Gasteiger charge is -2.41. The summed E-state index contributed by atoms with van der Waals surface area (Å²) in [5.74, 6) is -1.17. The van der Waals surface area contributed by atoms with Crippen molar-refractivity contribution in [3.8, 4) is 11.3 Å². The number of hydrogen-bond acceptors (Lipinski definition) is 5. The third-order valence-electron chi connectivity index (χ3n) is 7.58. The lowest BCUT2D eigenvalue weighted by Crippen LogP contribution is -2.48. The molecule has 5 rings (SSSR count). The second kappa shape index (κ2) is 7.15. The van der Waals surface area contributed by atoms with Crippen molar-refractivity contribution < 1.29 is 13.6 Å². The number of fused-ring (bicyclic) bond motifs is 5. The van der Waals surface area contributed by atoms with Crippen LogP contribution in [0.5, 0.6) is 0 Å². The van der Waals surface area contributed by atoms with Gasteiger partial charge in [-0.3, -0.25) is 4.79 Å². The molecule has 7 nitrogen and oxygen atoms in total. The van der Waals surface area contributed by atoms with Crippen molar-refractivity contribution in [3.63, 3.8) is 0 Å². The number of hydrogen-bond donors (Lipinski definition) is 1. The molecule has 9 heteroatoms. The van der Waals surface area contributed by atoms with E-state index in [1.807, 2.05) is 6.92 Å². The van der Waals surface area contributed by atoms with Gasteiger partial charge in [0, 0.05) is 18.5 Å². The Hall–Kier alpha value is -3.23. The average molecular weight is 438 g/mol. The predicted octanol–water partition coefficient (Wildman–Crippen LogP) is 3.86. The number of amides is 1. The normalized spacial score (nSPS) is 22.7. The fourth-order valence-corrected chi connectivity index (χ4v) is 5.75. The highest BCUT2D eigenvalue weighted by atomic mass is 19.1. The van der Waals surface area contributed by atoms with Gasteiger partial charge in [0.2, 0.25) is 5.82 Å². The molecule has 0 radical (unpaired) electrons. The molecule has 1 amide bonds. The zero-order valence-electron chi connectivity index (χ0n) is 18.2. The number of aromatic amines is 1. The van der Waals surface area contributed by atoms with Gasteiger partial charge in [0.15, 0.2) is 0 Å². The first-order valence-electron chi connectivity index (χ1n) is 10.8. The van der Waals surface area contributed by atoms with Crippen molar-refractivity contribution in [3.05, 3.63) is 59.3 Å². The van der Waals surface area contributed by atoms with E-state index < -0.39 is 17.0 Å². The summed E-state index contributed by atoms with van der Waals surface area (Å²) in [6.45, 7) is 7.26. The fourth-order valence-electron chi connectivity index (χ4n) is 5.75. The number of H-pyrrole nitrogens is 1. The fraction of sp³-hybridized carbons (Fsp3) is 0.435. The summed E-state index contributed by atoms with van der Waals surface area (Å²) in [6.07, 6.45) is 3.16. The second-order valence-corrected chi connectivity index (χ2v) is 9.18. The third-order valence-corrected chi connectivity index (χ3v) is 7.58. The van der Waals surface area contributed by atoms with Crippen molar-refractivity contribution in [1.29, 1.82) is 0 Å². The number of carbonyl (C=O) groups excluding carboxylic acids is 1. The van der Waals surface area contributed by atoms with Crippen molar-refractivity contribution in [2.75, 3.05) is 13.1 Å². The second-order valence-electron chi connectivity index (χ2n) is 9.18. The molecule has 1 fully saturated rings. The standard InChI is InChI=1S/C23H24F2N6O/c1-4-31(21(32)20-26-12-27-30-20)11-23-9-8-14(22(23,2)3)13-10-17(28-29-19(13)23)18-15(24)6-5-7-16(18)25/h5-7,10,12,14H,4,8-9,11H2,1-3H3,(H,26,27,30)/t14-,23-/m0/s1. The van der Waals surface area contributed by atoms with E-state index in [0.29, 0.717) is 13.1 Å². The molecule has 1 aromatic carbocycles. The molecule has 0 spiro atoms. The monoisotopic (exact) mass is 438 g/mol. The van der Waals surface area contributed by atoms with Gasteiger partial charge in [-0.25, -0.2) is 8.78 Å². The Kier molecular flexibility index (Phi) is 4.61. The number of rotatable bonds is 5. The van der Waals surface area contributed by atoms with Crippen LogP contribution in [-0.4, -0.2) is 49.3 Å². The lowest BCUT2D eigenvalue weighted by atomic mass is 9.68. The maximum Gasteiger partial charge on any atom is 0.291 e. The number of halogens is 2. The number of aromatic nitrogens is 5. The van der Waals surface area contributed by atoms with Crippen LogP contribution in [0.15, 0.2) is 30.6 Å². The van der Waals surface area contributed by atoms with Crippen molar-refractivity contribution in [2.45, 2.75) is 44.9 Å². The molecule has 0 unspecified atom stereocenters. The minimum atomic E-state index is -0.661. The number of likely N-dealkylation sites (N-methyl/N-ethyl adjacent to an activating group) is 1. The number of nitrogens with zero attached hydrogens (tertiary/aromatic N) is 5. The molecule has 0 aliphatic heterocycles. The topological polar surface area (TPSA) is 87.7 Å². The van der Waals surface area contributed by atoms with Gasteiger partial charge in [0.25, 0.3) is 5.91 Å². The molecule has 2 aliphatic carbocycles. The van der Waals surface area contributed by atoms with Crippen LogP contribution in [0, 0.1) is 17.0 Å². The maximum absolute atomic E-state index is 14.4. The quantitative estimate of drug-likeness (QED) is 0.654. The van der Waals surface area contributed by atoms with Crippen molar-refractivity contribution in [1.82, 2.24) is 30.3 Å². The molecule has 2 aliphatic rings. The SMILES string of the molecule is CCN(C[C@@]12CC[C@@H](c3cc(-c4c(F)cccc4F)nnc31)C2(C)C)C(=O)c1nnc[nH]1. The molecule has 32 heavy (non-hydrogen) atoms. The van der Waals surface area contributed by atoms with Crippen LogP contribution < -0.4 is 0 Å². The number of carbonyl (C=O) groups is 1. The Bertz CT molecular complexity index is 1170. The van der Waals surface area contributed by atoms with Crippen LogP contribution in [0.1, 0.15) is 61.4 Å². The summed E-state index contributed by atoms with van der Waals surface area (Å²) >= 11 is 0. The lowest BCUT2D eigenvalue weighted by molar-refractivity contribution is 0.0641. The molecule has 1 N–H and O–H groups in total. The summed E-state index contributed by atoms with van der Waals surface area (Å²) in [7, 11) is 0. The summed E-state index contributed by atoms with van der Waals surface area (Å²) in [5.41, 5.74) is 1.22. The first-order chi connectivity index (χ1) is 15.3.